The normalized spacial score (nSPS) is 14.8. The molecule has 37 heavy (non-hydrogen) atoms. The molecule has 0 radical (unpaired) electrons. The average molecular weight is 545 g/mol. The van der Waals surface area contributed by atoms with Gasteiger partial charge in [0.25, 0.3) is 11.8 Å². The molecule has 1 fully saturated rings. The Morgan fingerprint density at radius 2 is 1.59 bits per heavy atom. The quantitative estimate of drug-likeness (QED) is 0.186. The Bertz CT molecular complexity index is 1550. The number of amides is 2. The van der Waals surface area contributed by atoms with Gasteiger partial charge in [-0.15, -0.1) is 0 Å². The Balaban J connectivity index is 1.62. The number of hydrogen-bond donors (Lipinski definition) is 1. The third kappa shape index (κ3) is 5.09. The Labute approximate surface area is 228 Å². The van der Waals surface area contributed by atoms with Crippen LogP contribution in [-0.2, 0) is 9.59 Å². The number of para-hydroxylation sites is 1. The van der Waals surface area contributed by atoms with Crippen LogP contribution in [-0.4, -0.2) is 26.7 Å². The van der Waals surface area contributed by atoms with Gasteiger partial charge in [-0.25, -0.2) is 4.68 Å². The number of aromatic nitrogens is 2. The summed E-state index contributed by atoms with van der Waals surface area (Å²) in [6.07, 6.45) is 1.60. The zero-order valence-electron chi connectivity index (χ0n) is 19.9. The number of thiocarbonyl (C=S) groups is 1. The van der Waals surface area contributed by atoms with E-state index < -0.39 is 11.8 Å². The third-order valence-corrected chi connectivity index (χ3v) is 7.40. The summed E-state index contributed by atoms with van der Waals surface area (Å²) in [5.41, 5.74) is 3.85. The van der Waals surface area contributed by atoms with Gasteiger partial charge < -0.3 is 0 Å². The van der Waals surface area contributed by atoms with E-state index in [0.717, 1.165) is 21.2 Å². The van der Waals surface area contributed by atoms with Crippen molar-refractivity contribution in [3.8, 4) is 5.69 Å². The molecule has 1 N–H and O–H groups in total. The molecule has 2 heterocycles. The van der Waals surface area contributed by atoms with Crippen molar-refractivity contribution in [3.05, 3.63) is 106 Å². The van der Waals surface area contributed by atoms with Crippen LogP contribution in [0.25, 0.3) is 11.8 Å². The van der Waals surface area contributed by atoms with Crippen LogP contribution in [0.3, 0.4) is 0 Å². The number of benzene rings is 3. The minimum absolute atomic E-state index is 0.0143. The lowest BCUT2D eigenvalue weighted by atomic mass is 10.1. The van der Waals surface area contributed by atoms with Crippen LogP contribution in [0, 0.1) is 13.8 Å². The zero-order valence-corrected chi connectivity index (χ0v) is 22.3. The van der Waals surface area contributed by atoms with Crippen LogP contribution in [0.5, 0.6) is 0 Å². The van der Waals surface area contributed by atoms with E-state index in [2.05, 4.69) is 5.32 Å². The van der Waals surface area contributed by atoms with E-state index in [1.54, 1.807) is 30.3 Å². The number of aryl methyl sites for hydroxylation is 2. The largest absolute Gasteiger partial charge is 0.298 e. The van der Waals surface area contributed by atoms with Crippen molar-refractivity contribution in [2.24, 2.45) is 0 Å². The summed E-state index contributed by atoms with van der Waals surface area (Å²) in [5.74, 6) is -1.08. The van der Waals surface area contributed by atoms with Crippen molar-refractivity contribution in [3.63, 3.8) is 0 Å². The number of halogens is 1. The van der Waals surface area contributed by atoms with Crippen LogP contribution in [0.2, 0.25) is 5.02 Å². The van der Waals surface area contributed by atoms with Crippen LogP contribution in [0.1, 0.15) is 16.8 Å². The monoisotopic (exact) mass is 544 g/mol. The summed E-state index contributed by atoms with van der Waals surface area (Å²) in [6.45, 7) is 3.89. The van der Waals surface area contributed by atoms with Gasteiger partial charge in [0.1, 0.15) is 10.6 Å². The highest BCUT2D eigenvalue weighted by atomic mass is 35.5. The second kappa shape index (κ2) is 10.3. The number of carbonyl (C=O) groups excluding carboxylic acids is 2. The first-order valence-electron chi connectivity index (χ1n) is 11.4. The van der Waals surface area contributed by atoms with Gasteiger partial charge in [-0.1, -0.05) is 59.3 Å². The Morgan fingerprint density at radius 3 is 2.27 bits per heavy atom. The maximum Gasteiger partial charge on any atom is 0.270 e. The minimum atomic E-state index is -0.557. The smallest absolute Gasteiger partial charge is 0.270 e. The third-order valence-electron chi connectivity index (χ3n) is 5.77. The summed E-state index contributed by atoms with van der Waals surface area (Å²) in [5, 5.41) is 8.73. The summed E-state index contributed by atoms with van der Waals surface area (Å²) < 4.78 is 1.83. The lowest BCUT2D eigenvalue weighted by Gasteiger charge is -2.29. The van der Waals surface area contributed by atoms with Crippen molar-refractivity contribution in [1.82, 2.24) is 15.1 Å². The van der Waals surface area contributed by atoms with E-state index in [1.807, 2.05) is 73.1 Å². The molecule has 184 valence electrons. The van der Waals surface area contributed by atoms with Gasteiger partial charge in [0.05, 0.1) is 17.1 Å². The van der Waals surface area contributed by atoms with Gasteiger partial charge in [0, 0.05) is 15.5 Å². The molecule has 1 aromatic heterocycles. The number of anilines is 1. The molecular formula is C28H21ClN4O2S2. The number of hydrogen-bond acceptors (Lipinski definition) is 5. The molecule has 0 unspecified atom stereocenters. The predicted octanol–water partition coefficient (Wildman–Crippen LogP) is 6.13. The predicted molar refractivity (Wildman–Crippen MR) is 151 cm³/mol. The number of rotatable bonds is 5. The molecular weight excluding hydrogens is 524 g/mol. The fourth-order valence-corrected chi connectivity index (χ4v) is 5.32. The van der Waals surface area contributed by atoms with Crippen molar-refractivity contribution in [1.29, 1.82) is 0 Å². The number of nitrogens with one attached hydrogen (secondary N) is 1. The summed E-state index contributed by atoms with van der Waals surface area (Å²) in [4.78, 5) is 28.8. The standard InChI is InChI=1S/C28H21ClN4O2S2/c1-17-8-14-22(15-9-17)37-27-23(18(2)31-33(27)21-6-4-3-5-7-21)16-24-25(34)30-28(36)32(26(24)35)20-12-10-19(29)11-13-20/h3-16H,1-2H3,(H,30,34,36)/b24-16+. The molecule has 0 bridgehead atoms. The van der Waals surface area contributed by atoms with Gasteiger partial charge >= 0.3 is 0 Å². The van der Waals surface area contributed by atoms with Gasteiger partial charge in [0.15, 0.2) is 5.11 Å². The Hall–Kier alpha value is -3.72. The SMILES string of the molecule is Cc1ccc(Sc2c(/C=C3\C(=O)NC(=S)N(c4ccc(Cl)cc4)C3=O)c(C)nn2-c2ccccc2)cc1. The van der Waals surface area contributed by atoms with E-state index in [-0.39, 0.29) is 10.7 Å². The lowest BCUT2D eigenvalue weighted by Crippen LogP contribution is -2.54. The van der Waals surface area contributed by atoms with Crippen LogP contribution < -0.4 is 10.2 Å². The first-order valence-corrected chi connectivity index (χ1v) is 13.0. The van der Waals surface area contributed by atoms with E-state index in [4.69, 9.17) is 28.9 Å². The highest BCUT2D eigenvalue weighted by molar-refractivity contribution is 7.99. The van der Waals surface area contributed by atoms with Gasteiger partial charge in [-0.2, -0.15) is 5.10 Å². The molecule has 3 aromatic carbocycles. The van der Waals surface area contributed by atoms with Crippen LogP contribution >= 0.6 is 35.6 Å². The fraction of sp³-hybridized carbons (Fsp3) is 0.0714. The molecule has 1 saturated heterocycles. The molecule has 5 rings (SSSR count). The minimum Gasteiger partial charge on any atom is -0.298 e. The summed E-state index contributed by atoms with van der Waals surface area (Å²) in [6, 6.07) is 24.6. The lowest BCUT2D eigenvalue weighted by molar-refractivity contribution is -0.122. The van der Waals surface area contributed by atoms with E-state index >= 15 is 0 Å². The van der Waals surface area contributed by atoms with Crippen LogP contribution in [0.4, 0.5) is 5.69 Å². The highest BCUT2D eigenvalue weighted by Crippen LogP contribution is 2.36. The zero-order chi connectivity index (χ0) is 26.1. The molecule has 9 heteroatoms. The number of nitrogens with zero attached hydrogens (tertiary/aromatic N) is 3. The van der Waals surface area contributed by atoms with E-state index in [0.29, 0.717) is 22.0 Å². The van der Waals surface area contributed by atoms with Crippen molar-refractivity contribution >= 4 is 64.3 Å². The maximum absolute atomic E-state index is 13.6. The van der Waals surface area contributed by atoms with Gasteiger partial charge in [-0.3, -0.25) is 19.8 Å². The highest BCUT2D eigenvalue weighted by Gasteiger charge is 2.35. The molecule has 4 aromatic rings. The topological polar surface area (TPSA) is 67.2 Å². The maximum atomic E-state index is 13.6. The van der Waals surface area contributed by atoms with E-state index in [9.17, 15) is 9.59 Å². The fourth-order valence-electron chi connectivity index (χ4n) is 3.87. The molecule has 2 amide bonds. The summed E-state index contributed by atoms with van der Waals surface area (Å²) in [7, 11) is 0. The number of carbonyl (C=O) groups is 2. The van der Waals surface area contributed by atoms with Crippen molar-refractivity contribution in [2.75, 3.05) is 4.90 Å². The molecule has 0 atom stereocenters. The summed E-state index contributed by atoms with van der Waals surface area (Å²) >= 11 is 12.9. The molecule has 0 aliphatic carbocycles. The van der Waals surface area contributed by atoms with E-state index in [1.165, 1.54) is 16.7 Å². The van der Waals surface area contributed by atoms with Crippen molar-refractivity contribution < 1.29 is 9.59 Å². The average Bonchev–Trinajstić information content (AvgIpc) is 3.19. The first kappa shape index (κ1) is 25.0. The molecule has 1 aliphatic rings. The molecule has 6 nitrogen and oxygen atoms in total. The molecule has 0 saturated carbocycles. The second-order valence-corrected chi connectivity index (χ2v) is 10.3. The Kier molecular flexibility index (Phi) is 6.97. The van der Waals surface area contributed by atoms with Gasteiger partial charge in [0.2, 0.25) is 0 Å². The second-order valence-electron chi connectivity index (χ2n) is 8.40. The molecule has 1 aliphatic heterocycles. The Morgan fingerprint density at radius 1 is 0.919 bits per heavy atom. The van der Waals surface area contributed by atoms with Crippen molar-refractivity contribution in [2.45, 2.75) is 23.8 Å². The van der Waals surface area contributed by atoms with Gasteiger partial charge in [-0.05, 0) is 80.7 Å². The molecule has 0 spiro atoms. The van der Waals surface area contributed by atoms with Crippen LogP contribution in [0.15, 0.2) is 94.4 Å². The first-order chi connectivity index (χ1) is 17.8.